The highest BCUT2D eigenvalue weighted by atomic mass is 19.4. The van der Waals surface area contributed by atoms with Gasteiger partial charge in [-0.1, -0.05) is 19.9 Å². The molecule has 160 valence electrons. The number of allylic oxidation sites excluding steroid dienone is 1. The van der Waals surface area contributed by atoms with Crippen LogP contribution in [0.1, 0.15) is 63.4 Å². The largest absolute Gasteiger partial charge is 0.416 e. The van der Waals surface area contributed by atoms with Gasteiger partial charge in [-0.25, -0.2) is 0 Å². The minimum absolute atomic E-state index is 0.0980. The SMILES string of the molecule is CC.CCN1C(=O)C(NC(=O)c2cccc(C(F)(F)F)c2)C(C2CC2)C(C)=C1C. The summed E-state index contributed by atoms with van der Waals surface area (Å²) in [6, 6.07) is 3.52. The Labute approximate surface area is 170 Å². The number of rotatable bonds is 4. The number of nitrogens with one attached hydrogen (secondary N) is 1. The van der Waals surface area contributed by atoms with Crippen LogP contribution in [0.25, 0.3) is 0 Å². The average molecular weight is 410 g/mol. The first kappa shape index (κ1) is 23.0. The zero-order chi connectivity index (χ0) is 21.9. The van der Waals surface area contributed by atoms with Crippen LogP contribution >= 0.6 is 0 Å². The van der Waals surface area contributed by atoms with Gasteiger partial charge >= 0.3 is 6.18 Å². The molecule has 1 saturated carbocycles. The number of nitrogens with zero attached hydrogens (tertiary/aromatic N) is 1. The van der Waals surface area contributed by atoms with E-state index in [0.717, 1.165) is 36.2 Å². The molecule has 1 heterocycles. The molecule has 4 nitrogen and oxygen atoms in total. The lowest BCUT2D eigenvalue weighted by atomic mass is 9.82. The van der Waals surface area contributed by atoms with Crippen LogP contribution in [0.15, 0.2) is 35.5 Å². The predicted molar refractivity (Wildman–Crippen MR) is 106 cm³/mol. The molecule has 0 bridgehead atoms. The maximum absolute atomic E-state index is 12.9. The first-order valence-corrected chi connectivity index (χ1v) is 10.1. The summed E-state index contributed by atoms with van der Waals surface area (Å²) in [6.07, 6.45) is -2.54. The van der Waals surface area contributed by atoms with Gasteiger partial charge in [-0.3, -0.25) is 9.59 Å². The lowest BCUT2D eigenvalue weighted by Gasteiger charge is -2.39. The number of alkyl halides is 3. The summed E-state index contributed by atoms with van der Waals surface area (Å²) in [4.78, 5) is 27.2. The molecule has 0 radical (unpaired) electrons. The number of carbonyl (C=O) groups excluding carboxylic acids is 2. The Morgan fingerprint density at radius 1 is 1.21 bits per heavy atom. The van der Waals surface area contributed by atoms with E-state index in [2.05, 4.69) is 5.32 Å². The molecular weight excluding hydrogens is 381 g/mol. The van der Waals surface area contributed by atoms with Gasteiger partial charge in [0.1, 0.15) is 6.04 Å². The predicted octanol–water partition coefficient (Wildman–Crippen LogP) is 5.01. The Hall–Kier alpha value is -2.31. The molecule has 7 heteroatoms. The van der Waals surface area contributed by atoms with Gasteiger partial charge in [0.15, 0.2) is 0 Å². The standard InChI is InChI=1S/C20H23F3N2O2.C2H6/c1-4-25-12(3)11(2)16(13-8-9-13)17(19(25)27)24-18(26)14-6-5-7-15(10-14)20(21,22)23;1-2/h5-7,10,13,16-17H,4,8-9H2,1-3H3,(H,24,26);1-2H3. The smallest absolute Gasteiger partial charge is 0.340 e. The summed E-state index contributed by atoms with van der Waals surface area (Å²) in [6.45, 7) is 10.2. The van der Waals surface area contributed by atoms with Gasteiger partial charge in [-0.2, -0.15) is 13.2 Å². The van der Waals surface area contributed by atoms with Crippen LogP contribution < -0.4 is 5.32 Å². The van der Waals surface area contributed by atoms with E-state index in [9.17, 15) is 22.8 Å². The fraction of sp³-hybridized carbons (Fsp3) is 0.545. The van der Waals surface area contributed by atoms with Crippen molar-refractivity contribution in [3.05, 3.63) is 46.7 Å². The van der Waals surface area contributed by atoms with Gasteiger partial charge in [-0.15, -0.1) is 0 Å². The number of hydrogen-bond acceptors (Lipinski definition) is 2. The molecule has 0 saturated heterocycles. The third-order valence-corrected chi connectivity index (χ3v) is 5.55. The summed E-state index contributed by atoms with van der Waals surface area (Å²) in [5.41, 5.74) is 0.988. The van der Waals surface area contributed by atoms with Crippen molar-refractivity contribution in [3.63, 3.8) is 0 Å². The number of benzene rings is 1. The van der Waals surface area contributed by atoms with Gasteiger partial charge in [0.25, 0.3) is 5.91 Å². The Kier molecular flexibility index (Phi) is 7.14. The average Bonchev–Trinajstić information content (AvgIpc) is 3.52. The van der Waals surface area contributed by atoms with Crippen LogP contribution in [0.4, 0.5) is 13.2 Å². The van der Waals surface area contributed by atoms with Crippen LogP contribution in [0.3, 0.4) is 0 Å². The van der Waals surface area contributed by atoms with Gasteiger partial charge in [0, 0.05) is 23.7 Å². The van der Waals surface area contributed by atoms with E-state index in [0.29, 0.717) is 12.5 Å². The second-order valence-electron chi connectivity index (χ2n) is 7.24. The highest BCUT2D eigenvalue weighted by Gasteiger charge is 2.46. The van der Waals surface area contributed by atoms with E-state index in [1.165, 1.54) is 12.1 Å². The molecule has 2 aliphatic rings. The van der Waals surface area contributed by atoms with Gasteiger partial charge in [0.2, 0.25) is 5.91 Å². The van der Waals surface area contributed by atoms with Gasteiger partial charge < -0.3 is 10.2 Å². The summed E-state index contributed by atoms with van der Waals surface area (Å²) in [5, 5.41) is 2.72. The quantitative estimate of drug-likeness (QED) is 0.758. The Bertz CT molecular complexity index is 797. The van der Waals surface area contributed by atoms with Crippen molar-refractivity contribution in [3.8, 4) is 0 Å². The Morgan fingerprint density at radius 2 is 1.83 bits per heavy atom. The van der Waals surface area contributed by atoms with Crippen LogP contribution in [0, 0.1) is 11.8 Å². The number of hydrogen-bond donors (Lipinski definition) is 1. The summed E-state index contributed by atoms with van der Waals surface area (Å²) < 4.78 is 38.8. The Morgan fingerprint density at radius 3 is 2.34 bits per heavy atom. The van der Waals surface area contributed by atoms with Crippen molar-refractivity contribution in [2.24, 2.45) is 11.8 Å². The number of likely N-dealkylation sites (N-methyl/N-ethyl adjacent to an activating group) is 1. The highest BCUT2D eigenvalue weighted by Crippen LogP contribution is 2.45. The highest BCUT2D eigenvalue weighted by molar-refractivity contribution is 5.98. The van der Waals surface area contributed by atoms with Crippen molar-refractivity contribution < 1.29 is 22.8 Å². The molecule has 1 aromatic carbocycles. The molecule has 2 atom stereocenters. The van der Waals surface area contributed by atoms with Crippen LogP contribution in [0.5, 0.6) is 0 Å². The second-order valence-corrected chi connectivity index (χ2v) is 7.24. The molecule has 1 aliphatic heterocycles. The maximum Gasteiger partial charge on any atom is 0.416 e. The normalized spacial score (nSPS) is 22.2. The van der Waals surface area contributed by atoms with E-state index >= 15 is 0 Å². The molecule has 1 aromatic rings. The molecule has 2 amide bonds. The van der Waals surface area contributed by atoms with Crippen molar-refractivity contribution in [1.29, 1.82) is 0 Å². The molecule has 29 heavy (non-hydrogen) atoms. The van der Waals surface area contributed by atoms with Crippen molar-refractivity contribution >= 4 is 11.8 Å². The Balaban J connectivity index is 0.00000145. The molecule has 0 spiro atoms. The monoisotopic (exact) mass is 410 g/mol. The van der Waals surface area contributed by atoms with Crippen LogP contribution in [-0.2, 0) is 11.0 Å². The number of carbonyl (C=O) groups is 2. The van der Waals surface area contributed by atoms with Gasteiger partial charge in [-0.05, 0) is 63.3 Å². The molecule has 2 unspecified atom stereocenters. The first-order valence-electron chi connectivity index (χ1n) is 10.1. The van der Waals surface area contributed by atoms with Crippen molar-refractivity contribution in [2.45, 2.75) is 59.7 Å². The molecule has 0 aromatic heterocycles. The number of halogens is 3. The maximum atomic E-state index is 12.9. The fourth-order valence-corrected chi connectivity index (χ4v) is 3.88. The molecular formula is C22H29F3N2O2. The van der Waals surface area contributed by atoms with E-state index < -0.39 is 23.7 Å². The lowest BCUT2D eigenvalue weighted by Crippen LogP contribution is -2.56. The summed E-state index contributed by atoms with van der Waals surface area (Å²) in [7, 11) is 0. The lowest BCUT2D eigenvalue weighted by molar-refractivity contribution is -0.137. The second kappa shape index (κ2) is 9.01. The van der Waals surface area contributed by atoms with Crippen LogP contribution in [0.2, 0.25) is 0 Å². The van der Waals surface area contributed by atoms with E-state index in [-0.39, 0.29) is 17.4 Å². The third kappa shape index (κ3) is 4.82. The zero-order valence-corrected chi connectivity index (χ0v) is 17.6. The number of amides is 2. The third-order valence-electron chi connectivity index (χ3n) is 5.55. The van der Waals surface area contributed by atoms with E-state index in [4.69, 9.17) is 0 Å². The van der Waals surface area contributed by atoms with E-state index in [1.54, 1.807) is 4.90 Å². The zero-order valence-electron chi connectivity index (χ0n) is 17.6. The minimum Gasteiger partial charge on any atom is -0.340 e. The summed E-state index contributed by atoms with van der Waals surface area (Å²) >= 11 is 0. The molecule has 1 fully saturated rings. The first-order chi connectivity index (χ1) is 13.6. The minimum atomic E-state index is -4.52. The van der Waals surface area contributed by atoms with E-state index in [1.807, 2.05) is 34.6 Å². The van der Waals surface area contributed by atoms with Crippen LogP contribution in [-0.4, -0.2) is 29.3 Å². The van der Waals surface area contributed by atoms with Crippen molar-refractivity contribution in [2.75, 3.05) is 6.54 Å². The topological polar surface area (TPSA) is 49.4 Å². The van der Waals surface area contributed by atoms with Gasteiger partial charge in [0.05, 0.1) is 5.56 Å². The fourth-order valence-electron chi connectivity index (χ4n) is 3.88. The molecule has 1 N–H and O–H groups in total. The molecule has 3 rings (SSSR count). The molecule has 1 aliphatic carbocycles. The van der Waals surface area contributed by atoms with Crippen molar-refractivity contribution in [1.82, 2.24) is 10.2 Å². The summed E-state index contributed by atoms with van der Waals surface area (Å²) in [5.74, 6) is -0.629.